The van der Waals surface area contributed by atoms with Gasteiger partial charge in [-0.1, -0.05) is 24.6 Å². The summed E-state index contributed by atoms with van der Waals surface area (Å²) in [5.74, 6) is -0.723. The Labute approximate surface area is 127 Å². The molecule has 1 atom stereocenters. The molecule has 0 heterocycles. The average Bonchev–Trinajstić information content (AvgIpc) is 2.44. The van der Waals surface area contributed by atoms with Gasteiger partial charge in [-0.05, 0) is 62.9 Å². The quantitative estimate of drug-likeness (QED) is 0.580. The Morgan fingerprint density at radius 1 is 1.14 bits per heavy atom. The minimum Gasteiger partial charge on any atom is -0.481 e. The molecule has 0 aromatic heterocycles. The van der Waals surface area contributed by atoms with E-state index in [0.717, 1.165) is 37.9 Å². The maximum atomic E-state index is 10.3. The van der Waals surface area contributed by atoms with E-state index in [1.165, 1.54) is 11.1 Å². The fourth-order valence-corrected chi connectivity index (χ4v) is 2.21. The molecule has 1 aromatic rings. The van der Waals surface area contributed by atoms with Gasteiger partial charge in [0.1, 0.15) is 0 Å². The summed E-state index contributed by atoms with van der Waals surface area (Å²) in [4.78, 5) is 10.3. The standard InChI is InChI=1S/C17H27NO3/c1-13-7-8-15(12-14(13)2)16(19)9-11-18-10-5-3-4-6-17(20)21/h7-8,12,16,18-19H,3-6,9-11H2,1-2H3,(H,20,21). The highest BCUT2D eigenvalue weighted by Crippen LogP contribution is 2.19. The summed E-state index contributed by atoms with van der Waals surface area (Å²) in [6.45, 7) is 5.77. The molecule has 0 fully saturated rings. The molecule has 0 bridgehead atoms. The molecule has 0 aliphatic carbocycles. The van der Waals surface area contributed by atoms with E-state index in [0.29, 0.717) is 6.42 Å². The minimum absolute atomic E-state index is 0.255. The predicted molar refractivity (Wildman–Crippen MR) is 84.5 cm³/mol. The van der Waals surface area contributed by atoms with Gasteiger partial charge in [0.25, 0.3) is 0 Å². The van der Waals surface area contributed by atoms with Crippen molar-refractivity contribution in [3.8, 4) is 0 Å². The molecule has 1 unspecified atom stereocenters. The second kappa shape index (κ2) is 9.53. The first-order chi connectivity index (χ1) is 10.0. The summed E-state index contributed by atoms with van der Waals surface area (Å²) in [5, 5.41) is 21.9. The van der Waals surface area contributed by atoms with Crippen LogP contribution < -0.4 is 5.32 Å². The number of aryl methyl sites for hydroxylation is 2. The van der Waals surface area contributed by atoms with Crippen molar-refractivity contribution in [3.05, 3.63) is 34.9 Å². The molecule has 4 nitrogen and oxygen atoms in total. The van der Waals surface area contributed by atoms with Gasteiger partial charge in [-0.2, -0.15) is 0 Å². The topological polar surface area (TPSA) is 69.6 Å². The highest BCUT2D eigenvalue weighted by atomic mass is 16.4. The fourth-order valence-electron chi connectivity index (χ4n) is 2.21. The van der Waals surface area contributed by atoms with Gasteiger partial charge < -0.3 is 15.5 Å². The first-order valence-corrected chi connectivity index (χ1v) is 7.68. The Balaban J connectivity index is 2.12. The smallest absolute Gasteiger partial charge is 0.303 e. The molecule has 0 amide bonds. The third-order valence-corrected chi connectivity index (χ3v) is 3.75. The number of unbranched alkanes of at least 4 members (excludes halogenated alkanes) is 2. The molecule has 1 rings (SSSR count). The Morgan fingerprint density at radius 3 is 2.57 bits per heavy atom. The Kier molecular flexibility index (Phi) is 8.01. The molecule has 3 N–H and O–H groups in total. The summed E-state index contributed by atoms with van der Waals surface area (Å²) in [6.07, 6.45) is 3.17. The van der Waals surface area contributed by atoms with Crippen molar-refractivity contribution in [2.45, 2.75) is 52.1 Å². The van der Waals surface area contributed by atoms with Crippen molar-refractivity contribution in [1.82, 2.24) is 5.32 Å². The number of carboxylic acids is 1. The van der Waals surface area contributed by atoms with Gasteiger partial charge in [-0.25, -0.2) is 0 Å². The van der Waals surface area contributed by atoms with Crippen LogP contribution in [0.2, 0.25) is 0 Å². The number of carbonyl (C=O) groups is 1. The van der Waals surface area contributed by atoms with E-state index in [1.54, 1.807) is 0 Å². The zero-order valence-corrected chi connectivity index (χ0v) is 13.1. The van der Waals surface area contributed by atoms with Gasteiger partial charge in [0.15, 0.2) is 0 Å². The Hall–Kier alpha value is -1.39. The minimum atomic E-state index is -0.723. The van der Waals surface area contributed by atoms with E-state index in [4.69, 9.17) is 5.11 Å². The molecule has 0 aliphatic heterocycles. The lowest BCUT2D eigenvalue weighted by Gasteiger charge is -2.13. The first kappa shape index (κ1) is 17.7. The van der Waals surface area contributed by atoms with Crippen molar-refractivity contribution in [2.24, 2.45) is 0 Å². The van der Waals surface area contributed by atoms with Crippen molar-refractivity contribution in [3.63, 3.8) is 0 Å². The highest BCUT2D eigenvalue weighted by Gasteiger charge is 2.07. The molecule has 0 radical (unpaired) electrons. The molecule has 21 heavy (non-hydrogen) atoms. The van der Waals surface area contributed by atoms with Crippen LogP contribution in [0.4, 0.5) is 0 Å². The van der Waals surface area contributed by atoms with E-state index in [-0.39, 0.29) is 6.42 Å². The lowest BCUT2D eigenvalue weighted by molar-refractivity contribution is -0.137. The number of rotatable bonds is 10. The average molecular weight is 293 g/mol. The van der Waals surface area contributed by atoms with E-state index >= 15 is 0 Å². The van der Waals surface area contributed by atoms with Crippen molar-refractivity contribution < 1.29 is 15.0 Å². The van der Waals surface area contributed by atoms with Crippen LogP contribution in [0.1, 0.15) is 54.9 Å². The lowest BCUT2D eigenvalue weighted by atomic mass is 10.0. The summed E-state index contributed by atoms with van der Waals surface area (Å²) in [5.41, 5.74) is 3.42. The van der Waals surface area contributed by atoms with E-state index in [1.807, 2.05) is 18.2 Å². The van der Waals surface area contributed by atoms with Crippen LogP contribution in [0.15, 0.2) is 18.2 Å². The van der Waals surface area contributed by atoms with Crippen LogP contribution in [0.25, 0.3) is 0 Å². The number of carboxylic acid groups (broad SMARTS) is 1. The number of nitrogens with one attached hydrogen (secondary N) is 1. The zero-order chi connectivity index (χ0) is 15.7. The summed E-state index contributed by atoms with van der Waals surface area (Å²) in [6, 6.07) is 6.08. The number of aliphatic hydroxyl groups excluding tert-OH is 1. The molecular formula is C17H27NO3. The van der Waals surface area contributed by atoms with Crippen LogP contribution in [0.5, 0.6) is 0 Å². The second-order valence-corrected chi connectivity index (χ2v) is 5.60. The van der Waals surface area contributed by atoms with Gasteiger partial charge in [-0.3, -0.25) is 4.79 Å². The van der Waals surface area contributed by atoms with Gasteiger partial charge in [0.05, 0.1) is 6.10 Å². The van der Waals surface area contributed by atoms with Gasteiger partial charge in [-0.15, -0.1) is 0 Å². The summed E-state index contributed by atoms with van der Waals surface area (Å²) in [7, 11) is 0. The van der Waals surface area contributed by atoms with Crippen molar-refractivity contribution >= 4 is 5.97 Å². The fraction of sp³-hybridized carbons (Fsp3) is 0.588. The normalized spacial score (nSPS) is 12.3. The zero-order valence-electron chi connectivity index (χ0n) is 13.1. The maximum absolute atomic E-state index is 10.3. The van der Waals surface area contributed by atoms with Crippen LogP contribution >= 0.6 is 0 Å². The van der Waals surface area contributed by atoms with E-state index < -0.39 is 12.1 Å². The molecule has 118 valence electrons. The lowest BCUT2D eigenvalue weighted by Crippen LogP contribution is -2.19. The van der Waals surface area contributed by atoms with Crippen LogP contribution in [-0.2, 0) is 4.79 Å². The van der Waals surface area contributed by atoms with Crippen molar-refractivity contribution in [2.75, 3.05) is 13.1 Å². The predicted octanol–water partition coefficient (Wildman–Crippen LogP) is 2.96. The number of aliphatic carboxylic acids is 1. The van der Waals surface area contributed by atoms with Gasteiger partial charge in [0.2, 0.25) is 0 Å². The summed E-state index contributed by atoms with van der Waals surface area (Å²) >= 11 is 0. The number of aliphatic hydroxyl groups is 1. The highest BCUT2D eigenvalue weighted by molar-refractivity contribution is 5.66. The molecule has 0 saturated heterocycles. The maximum Gasteiger partial charge on any atom is 0.303 e. The first-order valence-electron chi connectivity index (χ1n) is 7.68. The van der Waals surface area contributed by atoms with E-state index in [9.17, 15) is 9.90 Å². The second-order valence-electron chi connectivity index (χ2n) is 5.60. The molecule has 1 aromatic carbocycles. The number of hydrogen-bond donors (Lipinski definition) is 3. The monoisotopic (exact) mass is 293 g/mol. The SMILES string of the molecule is Cc1ccc(C(O)CCNCCCCCC(=O)O)cc1C. The molecule has 0 saturated carbocycles. The van der Waals surface area contributed by atoms with Gasteiger partial charge >= 0.3 is 5.97 Å². The molecule has 0 spiro atoms. The molecule has 0 aliphatic rings. The van der Waals surface area contributed by atoms with E-state index in [2.05, 4.69) is 19.2 Å². The third-order valence-electron chi connectivity index (χ3n) is 3.75. The van der Waals surface area contributed by atoms with Crippen LogP contribution in [0.3, 0.4) is 0 Å². The third kappa shape index (κ3) is 7.25. The van der Waals surface area contributed by atoms with Crippen LogP contribution in [0, 0.1) is 13.8 Å². The van der Waals surface area contributed by atoms with Gasteiger partial charge in [0, 0.05) is 6.42 Å². The molecule has 4 heteroatoms. The largest absolute Gasteiger partial charge is 0.481 e. The molecular weight excluding hydrogens is 266 g/mol. The Bertz CT molecular complexity index is 446. The summed E-state index contributed by atoms with van der Waals surface area (Å²) < 4.78 is 0. The number of hydrogen-bond acceptors (Lipinski definition) is 3. The van der Waals surface area contributed by atoms with Crippen molar-refractivity contribution in [1.29, 1.82) is 0 Å². The number of benzene rings is 1. The van der Waals surface area contributed by atoms with Crippen LogP contribution in [-0.4, -0.2) is 29.3 Å². The Morgan fingerprint density at radius 2 is 1.90 bits per heavy atom.